The number of nitrogens with two attached hydrogens (primary N) is 1. The van der Waals surface area contributed by atoms with E-state index in [9.17, 15) is 13.2 Å². The number of halogens is 3. The predicted molar refractivity (Wildman–Crippen MR) is 102 cm³/mol. The molecule has 1 atom stereocenters. The molecule has 0 heterocycles. The van der Waals surface area contributed by atoms with E-state index in [1.54, 1.807) is 0 Å². The summed E-state index contributed by atoms with van der Waals surface area (Å²) in [4.78, 5) is 0. The van der Waals surface area contributed by atoms with Gasteiger partial charge in [-0.15, -0.1) is 0 Å². The number of benzene rings is 2. The minimum Gasteiger partial charge on any atom is -0.406 e. The van der Waals surface area contributed by atoms with Crippen molar-refractivity contribution in [3.63, 3.8) is 0 Å². The molecular weight excluding hydrogens is 355 g/mol. The Kier molecular flexibility index (Phi) is 6.32. The van der Waals surface area contributed by atoms with Gasteiger partial charge in [0.05, 0.1) is 13.0 Å². The minimum atomic E-state index is -4.30. The maximum Gasteiger partial charge on any atom is 0.390 e. The fraction of sp³-hybridized carbons (Fsp3) is 0.400. The van der Waals surface area contributed by atoms with Crippen LogP contribution in [-0.4, -0.2) is 27.1 Å². The van der Waals surface area contributed by atoms with Crippen molar-refractivity contribution in [1.82, 2.24) is 0 Å². The third-order valence-electron chi connectivity index (χ3n) is 4.42. The van der Waals surface area contributed by atoms with Crippen molar-refractivity contribution >= 4 is 18.7 Å². The van der Waals surface area contributed by atoms with Crippen molar-refractivity contribution in [2.45, 2.75) is 44.4 Å². The van der Waals surface area contributed by atoms with Gasteiger partial charge >= 0.3 is 6.18 Å². The molecule has 0 bridgehead atoms. The smallest absolute Gasteiger partial charge is 0.390 e. The van der Waals surface area contributed by atoms with Gasteiger partial charge in [0.25, 0.3) is 8.32 Å². The third-order valence-corrected chi connectivity index (χ3v) is 9.43. The van der Waals surface area contributed by atoms with E-state index in [4.69, 9.17) is 10.2 Å². The topological polar surface area (TPSA) is 35.2 Å². The Morgan fingerprint density at radius 3 is 1.65 bits per heavy atom. The van der Waals surface area contributed by atoms with Crippen LogP contribution in [0.3, 0.4) is 0 Å². The van der Waals surface area contributed by atoms with Gasteiger partial charge in [-0.05, 0) is 15.4 Å². The summed E-state index contributed by atoms with van der Waals surface area (Å²) in [7, 11) is -2.83. The lowest BCUT2D eigenvalue weighted by Crippen LogP contribution is -2.67. The summed E-state index contributed by atoms with van der Waals surface area (Å²) in [5, 5.41) is 1.77. The van der Waals surface area contributed by atoms with Gasteiger partial charge in [0.1, 0.15) is 0 Å². The van der Waals surface area contributed by atoms with E-state index in [1.165, 1.54) is 0 Å². The molecule has 0 spiro atoms. The Balaban J connectivity index is 2.47. The molecule has 0 saturated heterocycles. The van der Waals surface area contributed by atoms with Crippen LogP contribution >= 0.6 is 0 Å². The van der Waals surface area contributed by atoms with Crippen LogP contribution in [-0.2, 0) is 4.43 Å². The highest BCUT2D eigenvalue weighted by molar-refractivity contribution is 6.99. The van der Waals surface area contributed by atoms with Crippen molar-refractivity contribution < 1.29 is 17.6 Å². The van der Waals surface area contributed by atoms with Crippen LogP contribution in [0.1, 0.15) is 27.2 Å². The fourth-order valence-corrected chi connectivity index (χ4v) is 7.97. The van der Waals surface area contributed by atoms with Crippen molar-refractivity contribution in [1.29, 1.82) is 0 Å². The molecule has 2 aromatic carbocycles. The van der Waals surface area contributed by atoms with E-state index in [-0.39, 0.29) is 11.6 Å². The average Bonchev–Trinajstić information content (AvgIpc) is 2.54. The van der Waals surface area contributed by atoms with Gasteiger partial charge in [0.15, 0.2) is 0 Å². The van der Waals surface area contributed by atoms with E-state index < -0.39 is 27.0 Å². The van der Waals surface area contributed by atoms with Crippen molar-refractivity contribution in [3.8, 4) is 0 Å². The molecule has 0 saturated carbocycles. The first-order valence-electron chi connectivity index (χ1n) is 8.63. The van der Waals surface area contributed by atoms with E-state index in [2.05, 4.69) is 20.8 Å². The highest BCUT2D eigenvalue weighted by Gasteiger charge is 2.50. The summed E-state index contributed by atoms with van der Waals surface area (Å²) in [6.07, 6.45) is -5.35. The molecular formula is C20H26F3NOSi. The lowest BCUT2D eigenvalue weighted by Gasteiger charge is -2.43. The van der Waals surface area contributed by atoms with Crippen LogP contribution < -0.4 is 16.1 Å². The van der Waals surface area contributed by atoms with E-state index in [0.717, 1.165) is 10.4 Å². The Bertz CT molecular complexity index is 644. The minimum absolute atomic E-state index is 0.132. The van der Waals surface area contributed by atoms with Crippen LogP contribution in [0, 0.1) is 0 Å². The molecule has 0 aliphatic carbocycles. The highest BCUT2D eigenvalue weighted by atomic mass is 28.4. The average molecular weight is 382 g/mol. The number of alkyl halides is 3. The molecule has 1 unspecified atom stereocenters. The first-order valence-corrected chi connectivity index (χ1v) is 10.5. The number of hydrogen-bond donors (Lipinski definition) is 1. The van der Waals surface area contributed by atoms with Gasteiger partial charge < -0.3 is 10.2 Å². The standard InChI is InChI=1S/C20H26F3NOSi/c1-19(2,3)26(17-10-6-4-7-11-17,18-12-8-5-9-13-18)25-15-16(24)14-20(21,22)23/h4-13,16H,14-15,24H2,1-3H3. The molecule has 0 fully saturated rings. The molecule has 2 nitrogen and oxygen atoms in total. The Morgan fingerprint density at radius 1 is 0.885 bits per heavy atom. The van der Waals surface area contributed by atoms with Crippen molar-refractivity contribution in [3.05, 3.63) is 60.7 Å². The van der Waals surface area contributed by atoms with Crippen molar-refractivity contribution in [2.75, 3.05) is 6.61 Å². The molecule has 2 N–H and O–H groups in total. The first-order chi connectivity index (χ1) is 12.1. The van der Waals surface area contributed by atoms with Crippen LogP contribution in [0.15, 0.2) is 60.7 Å². The Morgan fingerprint density at radius 2 is 1.31 bits per heavy atom. The maximum atomic E-state index is 12.7. The molecule has 2 rings (SSSR count). The van der Waals surface area contributed by atoms with Crippen LogP contribution in [0.25, 0.3) is 0 Å². The normalized spacial score (nSPS) is 14.3. The molecule has 6 heteroatoms. The maximum absolute atomic E-state index is 12.7. The monoisotopic (exact) mass is 381 g/mol. The quantitative estimate of drug-likeness (QED) is 0.772. The molecule has 0 aliphatic rings. The van der Waals surface area contributed by atoms with Gasteiger partial charge in [-0.3, -0.25) is 0 Å². The van der Waals surface area contributed by atoms with Gasteiger partial charge in [0, 0.05) is 6.04 Å². The number of rotatable bonds is 6. The molecule has 26 heavy (non-hydrogen) atoms. The Labute approximate surface area is 154 Å². The summed E-state index contributed by atoms with van der Waals surface area (Å²) in [5.41, 5.74) is 5.74. The van der Waals surface area contributed by atoms with Crippen LogP contribution in [0.5, 0.6) is 0 Å². The van der Waals surface area contributed by atoms with Gasteiger partial charge in [-0.25, -0.2) is 0 Å². The second-order valence-electron chi connectivity index (χ2n) is 7.55. The largest absolute Gasteiger partial charge is 0.406 e. The van der Waals surface area contributed by atoms with Crippen LogP contribution in [0.4, 0.5) is 13.2 Å². The fourth-order valence-electron chi connectivity index (χ4n) is 3.35. The third kappa shape index (κ3) is 4.75. The SMILES string of the molecule is CC(C)(C)[Si](OCC(N)CC(F)(F)F)(c1ccccc1)c1ccccc1. The zero-order valence-corrected chi connectivity index (χ0v) is 16.4. The van der Waals surface area contributed by atoms with Gasteiger partial charge in [0.2, 0.25) is 0 Å². The van der Waals surface area contributed by atoms with E-state index in [0.29, 0.717) is 0 Å². The lowest BCUT2D eigenvalue weighted by molar-refractivity contribution is -0.139. The van der Waals surface area contributed by atoms with Crippen LogP contribution in [0.2, 0.25) is 5.04 Å². The lowest BCUT2D eigenvalue weighted by atomic mass is 10.2. The molecule has 2 aromatic rings. The van der Waals surface area contributed by atoms with E-state index >= 15 is 0 Å². The Hall–Kier alpha value is -1.63. The molecule has 0 amide bonds. The zero-order valence-electron chi connectivity index (χ0n) is 15.4. The highest BCUT2D eigenvalue weighted by Crippen LogP contribution is 2.37. The van der Waals surface area contributed by atoms with Gasteiger partial charge in [-0.2, -0.15) is 13.2 Å². The van der Waals surface area contributed by atoms with Crippen molar-refractivity contribution in [2.24, 2.45) is 5.73 Å². The molecule has 0 radical (unpaired) electrons. The second kappa shape index (κ2) is 7.94. The second-order valence-corrected chi connectivity index (χ2v) is 11.9. The summed E-state index contributed by atoms with van der Waals surface area (Å²) in [5.74, 6) is 0. The number of hydrogen-bond acceptors (Lipinski definition) is 2. The predicted octanol–water partition coefficient (Wildman–Crippen LogP) is 3.84. The molecule has 0 aliphatic heterocycles. The summed E-state index contributed by atoms with van der Waals surface area (Å²) in [6, 6.07) is 18.5. The summed E-state index contributed by atoms with van der Waals surface area (Å²) < 4.78 is 44.4. The molecule has 142 valence electrons. The van der Waals surface area contributed by atoms with Gasteiger partial charge in [-0.1, -0.05) is 81.4 Å². The zero-order chi connectivity index (χ0) is 19.4. The first kappa shape index (κ1) is 20.7. The summed E-state index contributed by atoms with van der Waals surface area (Å²) in [6.45, 7) is 6.10. The summed E-state index contributed by atoms with van der Waals surface area (Å²) >= 11 is 0. The molecule has 0 aromatic heterocycles. The van der Waals surface area contributed by atoms with E-state index in [1.807, 2.05) is 60.7 Å².